The molecular weight excluding hydrogens is 236 g/mol. The van der Waals surface area contributed by atoms with E-state index in [0.717, 1.165) is 25.2 Å². The number of hydrogen-bond donors (Lipinski definition) is 1. The number of para-hydroxylation sites is 1. The molecular formula is C15H22N4. The van der Waals surface area contributed by atoms with Crippen LogP contribution >= 0.6 is 0 Å². The summed E-state index contributed by atoms with van der Waals surface area (Å²) in [6, 6.07) is 10.2. The second-order valence-electron chi connectivity index (χ2n) is 4.85. The van der Waals surface area contributed by atoms with Gasteiger partial charge in [-0.15, -0.1) is 5.10 Å². The van der Waals surface area contributed by atoms with Gasteiger partial charge in [0, 0.05) is 5.92 Å². The van der Waals surface area contributed by atoms with Crippen molar-refractivity contribution in [1.82, 2.24) is 20.3 Å². The zero-order valence-electron chi connectivity index (χ0n) is 11.7. The second kappa shape index (κ2) is 7.04. The molecule has 0 aliphatic rings. The predicted octanol–water partition coefficient (Wildman–Crippen LogP) is 2.76. The van der Waals surface area contributed by atoms with Gasteiger partial charge >= 0.3 is 0 Å². The highest BCUT2D eigenvalue weighted by Gasteiger charge is 2.13. The van der Waals surface area contributed by atoms with E-state index in [-0.39, 0.29) is 0 Å². The van der Waals surface area contributed by atoms with Crippen LogP contribution in [0.15, 0.2) is 36.5 Å². The topological polar surface area (TPSA) is 42.7 Å². The van der Waals surface area contributed by atoms with Gasteiger partial charge in [0.2, 0.25) is 0 Å². The second-order valence-corrected chi connectivity index (χ2v) is 4.85. The van der Waals surface area contributed by atoms with Crippen molar-refractivity contribution in [3.05, 3.63) is 42.2 Å². The molecule has 0 radical (unpaired) electrons. The van der Waals surface area contributed by atoms with Crippen LogP contribution in [0.2, 0.25) is 0 Å². The van der Waals surface area contributed by atoms with Crippen molar-refractivity contribution in [2.24, 2.45) is 0 Å². The molecule has 0 amide bonds. The first-order valence-corrected chi connectivity index (χ1v) is 6.99. The van der Waals surface area contributed by atoms with Crippen LogP contribution in [0.4, 0.5) is 0 Å². The third-order valence-electron chi connectivity index (χ3n) is 3.26. The third-order valence-corrected chi connectivity index (χ3v) is 3.26. The maximum Gasteiger partial charge on any atom is 0.0732 e. The lowest BCUT2D eigenvalue weighted by atomic mass is 10.0. The van der Waals surface area contributed by atoms with Crippen molar-refractivity contribution in [3.8, 4) is 5.69 Å². The smallest absolute Gasteiger partial charge is 0.0732 e. The monoisotopic (exact) mass is 258 g/mol. The fraction of sp³-hybridized carbons (Fsp3) is 0.467. The van der Waals surface area contributed by atoms with Crippen LogP contribution in [0.5, 0.6) is 0 Å². The third kappa shape index (κ3) is 3.64. The van der Waals surface area contributed by atoms with E-state index in [0.29, 0.717) is 5.92 Å². The van der Waals surface area contributed by atoms with E-state index in [9.17, 15) is 0 Å². The van der Waals surface area contributed by atoms with Crippen molar-refractivity contribution in [2.75, 3.05) is 13.1 Å². The van der Waals surface area contributed by atoms with Crippen LogP contribution in [-0.2, 0) is 0 Å². The van der Waals surface area contributed by atoms with Gasteiger partial charge in [-0.05, 0) is 38.1 Å². The van der Waals surface area contributed by atoms with Gasteiger partial charge in [-0.25, -0.2) is 4.68 Å². The first kappa shape index (κ1) is 13.7. The summed E-state index contributed by atoms with van der Waals surface area (Å²) >= 11 is 0. The maximum absolute atomic E-state index is 4.20. The molecule has 0 aliphatic carbocycles. The highest BCUT2D eigenvalue weighted by atomic mass is 15.4. The lowest BCUT2D eigenvalue weighted by molar-refractivity contribution is 0.570. The lowest BCUT2D eigenvalue weighted by Crippen LogP contribution is -2.18. The molecule has 0 saturated heterocycles. The van der Waals surface area contributed by atoms with Crippen LogP contribution in [0.25, 0.3) is 5.69 Å². The Bertz CT molecular complexity index is 478. The van der Waals surface area contributed by atoms with E-state index in [1.165, 1.54) is 12.1 Å². The summed E-state index contributed by atoms with van der Waals surface area (Å²) in [7, 11) is 0. The summed E-state index contributed by atoms with van der Waals surface area (Å²) in [4.78, 5) is 0. The summed E-state index contributed by atoms with van der Waals surface area (Å²) < 4.78 is 1.94. The number of rotatable bonds is 7. The highest BCUT2D eigenvalue weighted by molar-refractivity contribution is 5.32. The first-order valence-electron chi connectivity index (χ1n) is 6.99. The average Bonchev–Trinajstić information content (AvgIpc) is 2.94. The SMILES string of the molecule is CCCNCCC(C)c1cnnn1-c1ccccc1. The maximum atomic E-state index is 4.20. The van der Waals surface area contributed by atoms with Gasteiger partial charge < -0.3 is 5.32 Å². The molecule has 4 nitrogen and oxygen atoms in total. The highest BCUT2D eigenvalue weighted by Crippen LogP contribution is 2.20. The van der Waals surface area contributed by atoms with Gasteiger partial charge in [-0.3, -0.25) is 0 Å². The summed E-state index contributed by atoms with van der Waals surface area (Å²) in [6.07, 6.45) is 4.15. The molecule has 2 aromatic rings. The van der Waals surface area contributed by atoms with Gasteiger partial charge in [-0.2, -0.15) is 0 Å². The van der Waals surface area contributed by atoms with Crippen LogP contribution in [0.3, 0.4) is 0 Å². The first-order chi connectivity index (χ1) is 9.33. The van der Waals surface area contributed by atoms with Crippen LogP contribution < -0.4 is 5.32 Å². The van der Waals surface area contributed by atoms with Gasteiger partial charge in [0.1, 0.15) is 0 Å². The molecule has 0 fully saturated rings. The zero-order valence-corrected chi connectivity index (χ0v) is 11.7. The molecule has 0 saturated carbocycles. The van der Waals surface area contributed by atoms with Crippen LogP contribution in [0, 0.1) is 0 Å². The van der Waals surface area contributed by atoms with E-state index < -0.39 is 0 Å². The normalized spacial score (nSPS) is 12.5. The Morgan fingerprint density at radius 2 is 2.00 bits per heavy atom. The summed E-state index contributed by atoms with van der Waals surface area (Å²) in [5, 5.41) is 11.7. The average molecular weight is 258 g/mol. The Balaban J connectivity index is 2.03. The van der Waals surface area contributed by atoms with Crippen molar-refractivity contribution in [2.45, 2.75) is 32.6 Å². The molecule has 0 bridgehead atoms. The van der Waals surface area contributed by atoms with Crippen molar-refractivity contribution in [1.29, 1.82) is 0 Å². The van der Waals surface area contributed by atoms with Gasteiger partial charge in [0.05, 0.1) is 17.6 Å². The Kier molecular flexibility index (Phi) is 5.10. The molecule has 1 N–H and O–H groups in total. The van der Waals surface area contributed by atoms with Crippen LogP contribution in [0.1, 0.15) is 38.3 Å². The van der Waals surface area contributed by atoms with Gasteiger partial charge in [0.25, 0.3) is 0 Å². The number of nitrogens with one attached hydrogen (secondary N) is 1. The molecule has 2 rings (SSSR count). The molecule has 1 unspecified atom stereocenters. The van der Waals surface area contributed by atoms with E-state index in [1.807, 2.05) is 29.1 Å². The minimum absolute atomic E-state index is 0.444. The molecule has 0 spiro atoms. The van der Waals surface area contributed by atoms with Gasteiger partial charge in [0.15, 0.2) is 0 Å². The molecule has 4 heteroatoms. The molecule has 0 aliphatic heterocycles. The van der Waals surface area contributed by atoms with E-state index in [2.05, 4.69) is 41.6 Å². The van der Waals surface area contributed by atoms with Gasteiger partial charge in [-0.1, -0.05) is 37.3 Å². The largest absolute Gasteiger partial charge is 0.317 e. The Morgan fingerprint density at radius 1 is 1.21 bits per heavy atom. The lowest BCUT2D eigenvalue weighted by Gasteiger charge is -2.13. The number of nitrogens with zero attached hydrogens (tertiary/aromatic N) is 3. The quantitative estimate of drug-likeness (QED) is 0.777. The Morgan fingerprint density at radius 3 is 2.74 bits per heavy atom. The minimum atomic E-state index is 0.444. The van der Waals surface area contributed by atoms with E-state index >= 15 is 0 Å². The van der Waals surface area contributed by atoms with Crippen LogP contribution in [-0.4, -0.2) is 28.1 Å². The standard InChI is InChI=1S/C15H22N4/c1-3-10-16-11-9-13(2)15-12-17-18-19(15)14-7-5-4-6-8-14/h4-8,12-13,16H,3,9-11H2,1-2H3. The summed E-state index contributed by atoms with van der Waals surface area (Å²) in [6.45, 7) is 6.54. The number of benzene rings is 1. The molecule has 19 heavy (non-hydrogen) atoms. The van der Waals surface area contributed by atoms with Crippen molar-refractivity contribution in [3.63, 3.8) is 0 Å². The van der Waals surface area contributed by atoms with Crippen molar-refractivity contribution >= 4 is 0 Å². The number of aromatic nitrogens is 3. The Hall–Kier alpha value is -1.68. The minimum Gasteiger partial charge on any atom is -0.317 e. The molecule has 1 atom stereocenters. The Labute approximate surface area is 114 Å². The fourth-order valence-electron chi connectivity index (χ4n) is 2.12. The fourth-order valence-corrected chi connectivity index (χ4v) is 2.12. The zero-order chi connectivity index (χ0) is 13.5. The predicted molar refractivity (Wildman–Crippen MR) is 77.6 cm³/mol. The number of hydrogen-bond acceptors (Lipinski definition) is 3. The summed E-state index contributed by atoms with van der Waals surface area (Å²) in [5.74, 6) is 0.444. The molecule has 1 aromatic carbocycles. The molecule has 102 valence electrons. The molecule has 1 heterocycles. The van der Waals surface area contributed by atoms with Crippen molar-refractivity contribution < 1.29 is 0 Å². The summed E-state index contributed by atoms with van der Waals surface area (Å²) in [5.41, 5.74) is 2.24. The van der Waals surface area contributed by atoms with E-state index in [1.54, 1.807) is 0 Å². The van der Waals surface area contributed by atoms with E-state index in [4.69, 9.17) is 0 Å². The molecule has 1 aromatic heterocycles.